The number of aliphatic hydroxyl groups is 1. The second-order valence-electron chi connectivity index (χ2n) is 16.7. The van der Waals surface area contributed by atoms with E-state index >= 15 is 0 Å². The van der Waals surface area contributed by atoms with E-state index in [1.807, 2.05) is 6.92 Å². The Morgan fingerprint density at radius 1 is 0.314 bits per heavy atom. The van der Waals surface area contributed by atoms with Crippen LogP contribution in [0.5, 0.6) is 0 Å². The Morgan fingerprint density at radius 3 is 0.743 bits per heavy atom. The van der Waals surface area contributed by atoms with Gasteiger partial charge in [0.15, 0.2) is 48.2 Å². The summed E-state index contributed by atoms with van der Waals surface area (Å²) in [4.78, 5) is 209. The smallest absolute Gasteiger partial charge is 0.374 e. The van der Waals surface area contributed by atoms with E-state index in [9.17, 15) is 71.9 Å². The normalized spacial score (nSPS) is 8.92. The maximum absolute atomic E-state index is 11.0. The fourth-order valence-electron chi connectivity index (χ4n) is 5.54. The molecule has 0 saturated carbocycles. The molecule has 0 unspecified atom stereocenters. The Balaban J connectivity index is -0.000000541. The van der Waals surface area contributed by atoms with Crippen molar-refractivity contribution in [3.63, 3.8) is 0 Å². The number of carbonyl (C=O) groups is 15. The van der Waals surface area contributed by atoms with E-state index in [-0.39, 0.29) is 94.9 Å². The Hall–Kier alpha value is -15.3. The topological polar surface area (TPSA) is 741 Å². The monoisotopic (exact) mass is 1490 g/mol. The lowest BCUT2D eigenvalue weighted by Crippen LogP contribution is -2.03. The van der Waals surface area contributed by atoms with E-state index in [1.165, 1.54) is 31.2 Å². The Bertz CT molecular complexity index is 3770. The summed E-state index contributed by atoms with van der Waals surface area (Å²) in [5.41, 5.74) is 0. The van der Waals surface area contributed by atoms with Crippen molar-refractivity contribution in [1.29, 1.82) is 0 Å². The molecule has 10 N–H and O–H groups in total. The predicted molar refractivity (Wildman–Crippen MR) is 337 cm³/mol. The number of furan rings is 9. The lowest BCUT2D eigenvalue weighted by molar-refractivity contribution is -0.142. The second-order valence-corrected chi connectivity index (χ2v) is 16.7. The number of carboxylic acid groups (broad SMARTS) is 9. The van der Waals surface area contributed by atoms with Crippen LogP contribution in [-0.2, 0) is 38.8 Å². The molecule has 0 aromatic carbocycles. The number of aryl methyl sites for hydroxylation is 1. The Labute approximate surface area is 579 Å². The van der Waals surface area contributed by atoms with Gasteiger partial charge in [-0.3, -0.25) is 24.0 Å². The molecule has 45 nitrogen and oxygen atoms in total. The van der Waals surface area contributed by atoms with Crippen molar-refractivity contribution in [2.45, 2.75) is 47.5 Å². The molecule has 9 aromatic heterocycles. The van der Waals surface area contributed by atoms with Crippen LogP contribution >= 0.6 is 0 Å². The molecule has 0 spiro atoms. The highest BCUT2D eigenvalue weighted by Gasteiger charge is 2.18. The Morgan fingerprint density at radius 2 is 0.552 bits per heavy atom. The van der Waals surface area contributed by atoms with Gasteiger partial charge >= 0.3 is 65.7 Å². The third kappa shape index (κ3) is 40.9. The summed E-state index contributed by atoms with van der Waals surface area (Å²) >= 11 is 0. The highest BCUT2D eigenvalue weighted by molar-refractivity contribution is 5.92. The zero-order valence-corrected chi connectivity index (χ0v) is 53.5. The zero-order valence-electron chi connectivity index (χ0n) is 53.5. The molecule has 0 aliphatic carbocycles. The zero-order chi connectivity index (χ0) is 81.3. The van der Waals surface area contributed by atoms with E-state index in [4.69, 9.17) is 113 Å². The van der Waals surface area contributed by atoms with Crippen LogP contribution < -0.4 is 0 Å². The van der Waals surface area contributed by atoms with Crippen LogP contribution in [0.25, 0.3) is 0 Å². The van der Waals surface area contributed by atoms with Gasteiger partial charge in [0.25, 0.3) is 0 Å². The largest absolute Gasteiger partial charge is 0.475 e. The van der Waals surface area contributed by atoms with Crippen LogP contribution in [0.1, 0.15) is 192 Å². The molecule has 45 heteroatoms. The minimum atomic E-state index is -1.28. The number of aromatic carboxylic acids is 9. The van der Waals surface area contributed by atoms with Crippen molar-refractivity contribution in [3.05, 3.63) is 253 Å². The maximum Gasteiger partial charge on any atom is 0.374 e. The SMILES string of the molecule is CC(=O)OCc1ccc(C=O)o1.CCOC(=O)c1ccc(C(=O)O)o1.CCOCc1ccc(C=O)o1.Cc1ccc(C=O)o1.O=C(O)c1ccc(C(=O)O)o1.O=C(O)c1ccc(C(=O)O)o1.O=C(O)c1ccc(C(=O)O)o1.O=C(O)c1ccc(C(=O)O)o1.O=Cc1ccc(CO)o1.O=O.O=O.O=O.O=O. The minimum absolute atomic E-state index is 0.0726. The summed E-state index contributed by atoms with van der Waals surface area (Å²) in [6.45, 7) is 7.89. The number of ether oxygens (including phenoxy) is 3. The van der Waals surface area contributed by atoms with Gasteiger partial charge in [-0.15, -0.1) is 0 Å². The molecule has 0 aliphatic heterocycles. The average molecular weight is 1500 g/mol. The molecular weight excluding hydrogens is 1440 g/mol. The number of aldehydes is 4. The van der Waals surface area contributed by atoms with Crippen molar-refractivity contribution in [2.75, 3.05) is 13.2 Å². The number of rotatable bonds is 21. The first-order valence-electron chi connectivity index (χ1n) is 26.7. The van der Waals surface area contributed by atoms with Gasteiger partial charge < -0.3 is 105 Å². The van der Waals surface area contributed by atoms with Gasteiger partial charge in [0, 0.05) is 53.2 Å². The molecule has 0 amide bonds. The third-order valence-corrected chi connectivity index (χ3v) is 9.70. The van der Waals surface area contributed by atoms with Crippen molar-refractivity contribution in [3.8, 4) is 0 Å². The van der Waals surface area contributed by atoms with Crippen LogP contribution in [0.2, 0.25) is 0 Å². The first-order valence-corrected chi connectivity index (χ1v) is 26.7. The highest BCUT2D eigenvalue weighted by atomic mass is 16.7. The van der Waals surface area contributed by atoms with Crippen LogP contribution in [0.3, 0.4) is 0 Å². The summed E-state index contributed by atoms with van der Waals surface area (Å²) in [6, 6.07) is 24.1. The van der Waals surface area contributed by atoms with Gasteiger partial charge in [-0.1, -0.05) is 0 Å². The molecule has 105 heavy (non-hydrogen) atoms. The number of hydrogen-bond acceptors (Lipinski definition) is 36. The molecule has 9 aromatic rings. The molecule has 0 atom stereocenters. The van der Waals surface area contributed by atoms with Crippen molar-refractivity contribution < 1.29 is 177 Å². The number of hydrogen-bond donors (Lipinski definition) is 10. The van der Waals surface area contributed by atoms with Gasteiger partial charge in [-0.05, 0) is 130 Å². The van der Waals surface area contributed by atoms with Crippen LogP contribution in [-0.4, -0.2) is 155 Å². The molecule has 9 rings (SSSR count). The number of esters is 2. The van der Waals surface area contributed by atoms with Crippen molar-refractivity contribution in [2.24, 2.45) is 0 Å². The van der Waals surface area contributed by atoms with Crippen molar-refractivity contribution in [1.82, 2.24) is 0 Å². The molecule has 0 saturated heterocycles. The molecule has 0 aliphatic rings. The molecule has 0 bridgehead atoms. The predicted octanol–water partition coefficient (Wildman–Crippen LogP) is 8.90. The lowest BCUT2D eigenvalue weighted by atomic mass is 10.4. The van der Waals surface area contributed by atoms with E-state index in [1.54, 1.807) is 50.2 Å². The summed E-state index contributed by atoms with van der Waals surface area (Å²) in [7, 11) is 0. The summed E-state index contributed by atoms with van der Waals surface area (Å²) in [6.07, 6.45) is 2.55. The number of aliphatic hydroxyl groups excluding tert-OH is 1. The van der Waals surface area contributed by atoms with Gasteiger partial charge in [0.05, 0.1) is 6.61 Å². The molecular formula is C60H54O45. The standard InChI is InChI=1S/C8H8O5.C8H8O4.C8H10O3.4C6H4O5.C6H6O3.C6H6O2.4O2/c1-2-12-8(11)6-4-3-5(13-6)7(9)10;1-6(10)11-5-8-3-2-7(4-9)12-8;1-2-10-6-8-4-3-7(5-9)11-8;4*7-5(8)3-1-2-4(11-3)6(9)10;7-3-5-1-2-6(4-8)9-5;1-5-2-3-6(4-7)8-5;4*1-2/h3-4H,2H2,1H3,(H,9,10);2-4H,5H2,1H3;3-5H,2,6H2,1H3;4*1-2H,(H,7,8)(H,9,10);1-3,8H,4H2;2-4H,1H3;;;;. The number of carboxylic acids is 9. The van der Waals surface area contributed by atoms with Gasteiger partial charge in [0.1, 0.15) is 42.9 Å². The van der Waals surface area contributed by atoms with E-state index in [2.05, 4.69) is 31.6 Å². The highest BCUT2D eigenvalue weighted by Crippen LogP contribution is 2.13. The summed E-state index contributed by atoms with van der Waals surface area (Å²) < 4.78 is 56.2. The fraction of sp³-hybridized carbons (Fsp3) is 0.150. The van der Waals surface area contributed by atoms with Gasteiger partial charge in [-0.25, -0.2) is 47.9 Å². The van der Waals surface area contributed by atoms with Crippen LogP contribution in [0.4, 0.5) is 0 Å². The third-order valence-electron chi connectivity index (χ3n) is 9.70. The first-order chi connectivity index (χ1) is 49.9. The summed E-state index contributed by atoms with van der Waals surface area (Å²) in [5.74, 6) is -12.3. The van der Waals surface area contributed by atoms with Crippen molar-refractivity contribution >= 4 is 90.8 Å². The summed E-state index contributed by atoms with van der Waals surface area (Å²) in [5, 5.41) is 83.2. The molecule has 564 valence electrons. The molecule has 0 radical (unpaired) electrons. The lowest BCUT2D eigenvalue weighted by Gasteiger charge is -1.96. The van der Waals surface area contributed by atoms with Crippen LogP contribution in [0.15, 0.2) is 149 Å². The molecule has 0 fully saturated rings. The average Bonchev–Trinajstić information content (AvgIpc) is 1.80. The van der Waals surface area contributed by atoms with E-state index in [0.29, 0.717) is 67.2 Å². The van der Waals surface area contributed by atoms with Crippen LogP contribution in [0, 0.1) is 46.6 Å². The maximum atomic E-state index is 11.0. The van der Waals surface area contributed by atoms with Gasteiger partial charge in [0.2, 0.25) is 57.6 Å². The molecule has 9 heterocycles. The van der Waals surface area contributed by atoms with E-state index in [0.717, 1.165) is 54.3 Å². The quantitative estimate of drug-likeness (QED) is 0.0237. The Kier molecular flexibility index (Phi) is 50.9. The van der Waals surface area contributed by atoms with Gasteiger partial charge in [-0.2, -0.15) is 0 Å². The minimum Gasteiger partial charge on any atom is -0.475 e. The number of carbonyl (C=O) groups excluding carboxylic acids is 6. The fourth-order valence-corrected chi connectivity index (χ4v) is 5.54. The second kappa shape index (κ2) is 55.7. The van der Waals surface area contributed by atoms with E-state index < -0.39 is 59.7 Å². The first kappa shape index (κ1) is 96.1.